The van der Waals surface area contributed by atoms with Crippen LogP contribution in [0.2, 0.25) is 0 Å². The average Bonchev–Trinajstić information content (AvgIpc) is 2.20. The molecule has 0 spiro atoms. The highest BCUT2D eigenvalue weighted by Gasteiger charge is 2.11. The summed E-state index contributed by atoms with van der Waals surface area (Å²) in [6.07, 6.45) is 7.58. The summed E-state index contributed by atoms with van der Waals surface area (Å²) in [5.41, 5.74) is 2.58. The first-order valence-corrected chi connectivity index (χ1v) is 4.88. The highest BCUT2D eigenvalue weighted by Crippen LogP contribution is 2.17. The number of hydrogen-bond acceptors (Lipinski definition) is 2. The number of hydrogen-bond donors (Lipinski definition) is 1. The van der Waals surface area contributed by atoms with Gasteiger partial charge in [0.25, 0.3) is 0 Å². The summed E-state index contributed by atoms with van der Waals surface area (Å²) >= 11 is 0. The van der Waals surface area contributed by atoms with Gasteiger partial charge in [0, 0.05) is 31.9 Å². The Kier molecular flexibility index (Phi) is 2.50. The third kappa shape index (κ3) is 2.01. The van der Waals surface area contributed by atoms with Gasteiger partial charge < -0.3 is 10.2 Å². The lowest BCUT2D eigenvalue weighted by atomic mass is 10.1. The molecular weight excluding hydrogens is 160 g/mol. The SMILES string of the molecule is C=C1C=CC(N2CCNCC2)=CC1. The van der Waals surface area contributed by atoms with Gasteiger partial charge in [-0.1, -0.05) is 24.3 Å². The van der Waals surface area contributed by atoms with E-state index in [-0.39, 0.29) is 0 Å². The van der Waals surface area contributed by atoms with E-state index in [4.69, 9.17) is 0 Å². The first-order chi connectivity index (χ1) is 6.36. The maximum absolute atomic E-state index is 3.93. The molecule has 0 aromatic rings. The lowest BCUT2D eigenvalue weighted by molar-refractivity contribution is 0.306. The summed E-state index contributed by atoms with van der Waals surface area (Å²) in [6, 6.07) is 0. The Morgan fingerprint density at radius 3 is 2.62 bits per heavy atom. The molecule has 2 rings (SSSR count). The summed E-state index contributed by atoms with van der Waals surface area (Å²) in [5, 5.41) is 3.35. The average molecular weight is 176 g/mol. The van der Waals surface area contributed by atoms with Crippen molar-refractivity contribution >= 4 is 0 Å². The fourth-order valence-electron chi connectivity index (χ4n) is 1.73. The molecule has 2 heteroatoms. The fourth-order valence-corrected chi connectivity index (χ4v) is 1.73. The number of nitrogens with one attached hydrogen (secondary N) is 1. The molecule has 0 saturated carbocycles. The largest absolute Gasteiger partial charge is 0.369 e. The second-order valence-electron chi connectivity index (χ2n) is 3.56. The van der Waals surface area contributed by atoms with Crippen LogP contribution < -0.4 is 5.32 Å². The molecule has 0 amide bonds. The summed E-state index contributed by atoms with van der Waals surface area (Å²) in [7, 11) is 0. The highest BCUT2D eigenvalue weighted by molar-refractivity contribution is 5.33. The van der Waals surface area contributed by atoms with Crippen molar-refractivity contribution in [3.63, 3.8) is 0 Å². The van der Waals surface area contributed by atoms with Crippen molar-refractivity contribution in [1.29, 1.82) is 0 Å². The van der Waals surface area contributed by atoms with Gasteiger partial charge in [0.1, 0.15) is 0 Å². The molecule has 0 aromatic carbocycles. The lowest BCUT2D eigenvalue weighted by Gasteiger charge is -2.31. The van der Waals surface area contributed by atoms with E-state index in [2.05, 4.69) is 35.0 Å². The molecule has 1 fully saturated rings. The summed E-state index contributed by atoms with van der Waals surface area (Å²) in [6.45, 7) is 8.39. The molecule has 0 aromatic heterocycles. The number of nitrogens with zero attached hydrogens (tertiary/aromatic N) is 1. The van der Waals surface area contributed by atoms with Gasteiger partial charge in [-0.3, -0.25) is 0 Å². The molecule has 1 N–H and O–H groups in total. The standard InChI is InChI=1S/C11H16N2/c1-10-2-4-11(5-3-10)13-8-6-12-7-9-13/h2,4-5,12H,1,3,6-9H2. The van der Waals surface area contributed by atoms with Gasteiger partial charge in [-0.15, -0.1) is 0 Å². The Balaban J connectivity index is 2.00. The second kappa shape index (κ2) is 3.79. The maximum atomic E-state index is 3.93. The van der Waals surface area contributed by atoms with E-state index in [1.165, 1.54) is 11.3 Å². The lowest BCUT2D eigenvalue weighted by Crippen LogP contribution is -2.42. The smallest absolute Gasteiger partial charge is 0.0330 e. The molecule has 2 aliphatic rings. The Morgan fingerprint density at radius 2 is 2.00 bits per heavy atom. The molecule has 0 atom stereocenters. The zero-order valence-corrected chi connectivity index (χ0v) is 7.92. The highest BCUT2D eigenvalue weighted by atomic mass is 15.2. The number of allylic oxidation sites excluding steroid dienone is 4. The van der Waals surface area contributed by atoms with Gasteiger partial charge in [-0.05, 0) is 12.5 Å². The van der Waals surface area contributed by atoms with Gasteiger partial charge in [-0.2, -0.15) is 0 Å². The molecule has 13 heavy (non-hydrogen) atoms. The monoisotopic (exact) mass is 176 g/mol. The van der Waals surface area contributed by atoms with Crippen molar-refractivity contribution in [2.45, 2.75) is 6.42 Å². The zero-order chi connectivity index (χ0) is 9.10. The first-order valence-electron chi connectivity index (χ1n) is 4.88. The molecule has 2 nitrogen and oxygen atoms in total. The molecule has 1 saturated heterocycles. The van der Waals surface area contributed by atoms with Crippen LogP contribution in [0.1, 0.15) is 6.42 Å². The van der Waals surface area contributed by atoms with E-state index in [0.717, 1.165) is 32.6 Å². The third-order valence-electron chi connectivity index (χ3n) is 2.55. The minimum atomic E-state index is 1.01. The number of piperazine rings is 1. The molecule has 0 radical (unpaired) electrons. The van der Waals surface area contributed by atoms with Gasteiger partial charge in [0.15, 0.2) is 0 Å². The molecule has 0 unspecified atom stereocenters. The second-order valence-corrected chi connectivity index (χ2v) is 3.56. The van der Waals surface area contributed by atoms with Crippen molar-refractivity contribution in [3.05, 3.63) is 36.1 Å². The van der Waals surface area contributed by atoms with Crippen LogP contribution in [0, 0.1) is 0 Å². The normalized spacial score (nSPS) is 23.2. The Morgan fingerprint density at radius 1 is 1.23 bits per heavy atom. The topological polar surface area (TPSA) is 15.3 Å². The van der Waals surface area contributed by atoms with Gasteiger partial charge in [-0.25, -0.2) is 0 Å². The van der Waals surface area contributed by atoms with E-state index >= 15 is 0 Å². The van der Waals surface area contributed by atoms with Crippen LogP contribution in [0.5, 0.6) is 0 Å². The van der Waals surface area contributed by atoms with Crippen LogP contribution in [-0.4, -0.2) is 31.1 Å². The van der Waals surface area contributed by atoms with Crippen LogP contribution in [-0.2, 0) is 0 Å². The minimum absolute atomic E-state index is 1.01. The van der Waals surface area contributed by atoms with Crippen molar-refractivity contribution in [3.8, 4) is 0 Å². The predicted molar refractivity (Wildman–Crippen MR) is 55.4 cm³/mol. The summed E-state index contributed by atoms with van der Waals surface area (Å²) in [4.78, 5) is 2.43. The van der Waals surface area contributed by atoms with Crippen LogP contribution in [0.4, 0.5) is 0 Å². The van der Waals surface area contributed by atoms with Crippen LogP contribution >= 0.6 is 0 Å². The first kappa shape index (κ1) is 8.57. The Labute approximate surface area is 79.6 Å². The Hall–Kier alpha value is -1.02. The number of rotatable bonds is 1. The molecule has 1 heterocycles. The van der Waals surface area contributed by atoms with Crippen LogP contribution in [0.25, 0.3) is 0 Å². The molecule has 1 aliphatic heterocycles. The van der Waals surface area contributed by atoms with E-state index in [9.17, 15) is 0 Å². The molecule has 0 bridgehead atoms. The zero-order valence-electron chi connectivity index (χ0n) is 7.92. The van der Waals surface area contributed by atoms with Gasteiger partial charge in [0.2, 0.25) is 0 Å². The van der Waals surface area contributed by atoms with Crippen molar-refractivity contribution < 1.29 is 0 Å². The molecule has 1 aliphatic carbocycles. The van der Waals surface area contributed by atoms with Gasteiger partial charge >= 0.3 is 0 Å². The molecule has 70 valence electrons. The quantitative estimate of drug-likeness (QED) is 0.647. The van der Waals surface area contributed by atoms with E-state index < -0.39 is 0 Å². The Bertz CT molecular complexity index is 257. The summed E-state index contributed by atoms with van der Waals surface area (Å²) in [5.74, 6) is 0. The van der Waals surface area contributed by atoms with Crippen molar-refractivity contribution in [2.75, 3.05) is 26.2 Å². The minimum Gasteiger partial charge on any atom is -0.369 e. The summed E-state index contributed by atoms with van der Waals surface area (Å²) < 4.78 is 0. The van der Waals surface area contributed by atoms with Crippen molar-refractivity contribution in [1.82, 2.24) is 10.2 Å². The fraction of sp³-hybridized carbons (Fsp3) is 0.455. The van der Waals surface area contributed by atoms with E-state index in [0.29, 0.717) is 0 Å². The third-order valence-corrected chi connectivity index (χ3v) is 2.55. The molecular formula is C11H16N2. The predicted octanol–water partition coefficient (Wildman–Crippen LogP) is 1.29. The maximum Gasteiger partial charge on any atom is 0.0330 e. The van der Waals surface area contributed by atoms with Crippen LogP contribution in [0.15, 0.2) is 36.1 Å². The van der Waals surface area contributed by atoms with Crippen molar-refractivity contribution in [2.24, 2.45) is 0 Å². The van der Waals surface area contributed by atoms with Crippen LogP contribution in [0.3, 0.4) is 0 Å². The van der Waals surface area contributed by atoms with E-state index in [1.54, 1.807) is 0 Å². The van der Waals surface area contributed by atoms with Gasteiger partial charge in [0.05, 0.1) is 0 Å². The van der Waals surface area contributed by atoms with E-state index in [1.807, 2.05) is 0 Å².